The van der Waals surface area contributed by atoms with Crippen LogP contribution in [0.4, 0.5) is 0 Å². The molecule has 1 aliphatic rings. The molecule has 1 saturated carbocycles. The fourth-order valence-electron chi connectivity index (χ4n) is 2.42. The fraction of sp³-hybridized carbons (Fsp3) is 0.500. The molecule has 4 nitrogen and oxygen atoms in total. The summed E-state index contributed by atoms with van der Waals surface area (Å²) in [5.41, 5.74) is 1.87. The van der Waals surface area contributed by atoms with Gasteiger partial charge in [0.05, 0.1) is 17.7 Å². The molecule has 0 aromatic carbocycles. The van der Waals surface area contributed by atoms with Crippen LogP contribution in [0.1, 0.15) is 19.3 Å². The quantitative estimate of drug-likeness (QED) is 0.850. The lowest BCUT2D eigenvalue weighted by Crippen LogP contribution is -2.43. The minimum atomic E-state index is -0.0368. The normalized spacial score (nSPS) is 18.2. The van der Waals surface area contributed by atoms with Crippen LogP contribution in [0, 0.1) is 4.77 Å². The zero-order chi connectivity index (χ0) is 11.9. The Morgan fingerprint density at radius 1 is 1.59 bits per heavy atom. The number of methoxy groups -OCH3 is 1. The number of hydrogen-bond acceptors (Lipinski definition) is 3. The molecule has 1 aliphatic carbocycles. The van der Waals surface area contributed by atoms with Crippen molar-refractivity contribution in [2.45, 2.75) is 31.4 Å². The molecule has 2 aromatic rings. The molecule has 2 heterocycles. The van der Waals surface area contributed by atoms with Gasteiger partial charge in [-0.15, -0.1) is 0 Å². The van der Waals surface area contributed by atoms with E-state index in [0.29, 0.717) is 0 Å². The lowest BCUT2D eigenvalue weighted by atomic mass is 9.80. The summed E-state index contributed by atoms with van der Waals surface area (Å²) in [6.07, 6.45) is 5.23. The van der Waals surface area contributed by atoms with Crippen molar-refractivity contribution in [2.24, 2.45) is 0 Å². The number of rotatable bonds is 3. The second-order valence-electron chi connectivity index (χ2n) is 4.63. The molecule has 0 bridgehead atoms. The number of pyridine rings is 1. The van der Waals surface area contributed by atoms with E-state index in [4.69, 9.17) is 17.0 Å². The number of imidazole rings is 1. The van der Waals surface area contributed by atoms with E-state index in [1.54, 1.807) is 13.3 Å². The molecule has 1 N–H and O–H groups in total. The van der Waals surface area contributed by atoms with Crippen molar-refractivity contribution in [2.75, 3.05) is 7.11 Å². The molecule has 0 aliphatic heterocycles. The highest BCUT2D eigenvalue weighted by Crippen LogP contribution is 2.37. The van der Waals surface area contributed by atoms with Crippen molar-refractivity contribution in [3.8, 4) is 0 Å². The van der Waals surface area contributed by atoms with Gasteiger partial charge in [-0.25, -0.2) is 4.98 Å². The summed E-state index contributed by atoms with van der Waals surface area (Å²) in [4.78, 5) is 7.57. The molecule has 1 fully saturated rings. The number of nitrogens with one attached hydrogen (secondary N) is 1. The zero-order valence-electron chi connectivity index (χ0n) is 9.77. The Morgan fingerprint density at radius 3 is 3.06 bits per heavy atom. The van der Waals surface area contributed by atoms with E-state index in [0.717, 1.165) is 35.3 Å². The summed E-state index contributed by atoms with van der Waals surface area (Å²) in [6, 6.07) is 3.91. The third kappa shape index (κ3) is 1.70. The summed E-state index contributed by atoms with van der Waals surface area (Å²) in [5.74, 6) is 0. The first-order valence-electron chi connectivity index (χ1n) is 5.83. The van der Waals surface area contributed by atoms with E-state index >= 15 is 0 Å². The van der Waals surface area contributed by atoms with Crippen LogP contribution in [0.5, 0.6) is 0 Å². The largest absolute Gasteiger partial charge is 0.376 e. The molecular weight excluding hydrogens is 234 g/mol. The van der Waals surface area contributed by atoms with Crippen LogP contribution in [0.3, 0.4) is 0 Å². The van der Waals surface area contributed by atoms with Gasteiger partial charge in [0.15, 0.2) is 10.4 Å². The van der Waals surface area contributed by atoms with Crippen molar-refractivity contribution >= 4 is 23.4 Å². The lowest BCUT2D eigenvalue weighted by Gasteiger charge is -2.40. The van der Waals surface area contributed by atoms with Gasteiger partial charge in [-0.05, 0) is 43.6 Å². The molecular formula is C12H15N3OS. The van der Waals surface area contributed by atoms with Crippen LogP contribution in [0.2, 0.25) is 0 Å². The average molecular weight is 249 g/mol. The molecule has 0 radical (unpaired) electrons. The van der Waals surface area contributed by atoms with Gasteiger partial charge in [0.2, 0.25) is 0 Å². The number of aromatic amines is 1. The van der Waals surface area contributed by atoms with Gasteiger partial charge in [-0.1, -0.05) is 0 Å². The van der Waals surface area contributed by atoms with Crippen LogP contribution >= 0.6 is 12.2 Å². The van der Waals surface area contributed by atoms with Crippen LogP contribution in [0.25, 0.3) is 11.2 Å². The minimum absolute atomic E-state index is 0.0368. The molecule has 90 valence electrons. The standard InChI is InChI=1S/C12H15N3OS/c1-16-12(5-3-6-12)8-15-10-9(14-11(15)17)4-2-7-13-10/h2,4,7H,3,5-6,8H2,1H3,(H,14,17). The predicted molar refractivity (Wildman–Crippen MR) is 68.5 cm³/mol. The van der Waals surface area contributed by atoms with Gasteiger partial charge < -0.3 is 9.72 Å². The Labute approximate surface area is 105 Å². The van der Waals surface area contributed by atoms with Crippen LogP contribution < -0.4 is 0 Å². The van der Waals surface area contributed by atoms with E-state index in [-0.39, 0.29) is 5.60 Å². The lowest BCUT2D eigenvalue weighted by molar-refractivity contribution is -0.0831. The first-order chi connectivity index (χ1) is 8.24. The maximum atomic E-state index is 5.64. The Kier molecular flexibility index (Phi) is 2.52. The average Bonchev–Trinajstić information content (AvgIpc) is 2.60. The molecule has 5 heteroatoms. The van der Waals surface area contributed by atoms with Gasteiger partial charge in [0, 0.05) is 13.3 Å². The molecule has 0 saturated heterocycles. The van der Waals surface area contributed by atoms with Crippen molar-refractivity contribution < 1.29 is 4.74 Å². The SMILES string of the molecule is COC1(Cn2c(=S)[nH]c3cccnc32)CCC1. The maximum absolute atomic E-state index is 5.64. The highest BCUT2D eigenvalue weighted by atomic mass is 32.1. The highest BCUT2D eigenvalue weighted by Gasteiger charge is 2.37. The first kappa shape index (κ1) is 10.9. The van der Waals surface area contributed by atoms with Crippen LogP contribution in [0.15, 0.2) is 18.3 Å². The highest BCUT2D eigenvalue weighted by molar-refractivity contribution is 7.71. The van der Waals surface area contributed by atoms with E-state index in [1.807, 2.05) is 16.7 Å². The summed E-state index contributed by atoms with van der Waals surface area (Å²) < 4.78 is 8.42. The van der Waals surface area contributed by atoms with Gasteiger partial charge in [0.25, 0.3) is 0 Å². The summed E-state index contributed by atoms with van der Waals surface area (Å²) >= 11 is 5.35. The van der Waals surface area contributed by atoms with Crippen molar-refractivity contribution in [3.05, 3.63) is 23.1 Å². The number of H-pyrrole nitrogens is 1. The maximum Gasteiger partial charge on any atom is 0.179 e. The van der Waals surface area contributed by atoms with E-state index in [9.17, 15) is 0 Å². The number of fused-ring (bicyclic) bond motifs is 1. The number of nitrogens with zero attached hydrogens (tertiary/aromatic N) is 2. The van der Waals surface area contributed by atoms with Crippen LogP contribution in [-0.4, -0.2) is 27.2 Å². The van der Waals surface area contributed by atoms with E-state index < -0.39 is 0 Å². The van der Waals surface area contributed by atoms with Gasteiger partial charge in [0.1, 0.15) is 0 Å². The molecule has 0 amide bonds. The molecule has 0 unspecified atom stereocenters. The molecule has 17 heavy (non-hydrogen) atoms. The first-order valence-corrected chi connectivity index (χ1v) is 6.24. The summed E-state index contributed by atoms with van der Waals surface area (Å²) in [6.45, 7) is 0.791. The van der Waals surface area contributed by atoms with Gasteiger partial charge in [-0.3, -0.25) is 4.57 Å². The number of ether oxygens (including phenoxy) is 1. The molecule has 0 spiro atoms. The molecule has 2 aromatic heterocycles. The Bertz CT molecular complexity index is 592. The van der Waals surface area contributed by atoms with Crippen molar-refractivity contribution in [1.29, 1.82) is 0 Å². The Balaban J connectivity index is 2.05. The zero-order valence-corrected chi connectivity index (χ0v) is 10.6. The topological polar surface area (TPSA) is 42.8 Å². The number of aromatic nitrogens is 3. The fourth-order valence-corrected chi connectivity index (χ4v) is 2.68. The summed E-state index contributed by atoms with van der Waals surface area (Å²) in [5, 5.41) is 0. The third-order valence-corrected chi connectivity index (χ3v) is 4.00. The van der Waals surface area contributed by atoms with E-state index in [1.165, 1.54) is 6.42 Å². The summed E-state index contributed by atoms with van der Waals surface area (Å²) in [7, 11) is 1.78. The van der Waals surface area contributed by atoms with E-state index in [2.05, 4.69) is 9.97 Å². The van der Waals surface area contributed by atoms with Crippen LogP contribution in [-0.2, 0) is 11.3 Å². The monoisotopic (exact) mass is 249 g/mol. The van der Waals surface area contributed by atoms with Crippen molar-refractivity contribution in [3.63, 3.8) is 0 Å². The smallest absolute Gasteiger partial charge is 0.179 e. The second-order valence-corrected chi connectivity index (χ2v) is 5.02. The second kappa shape index (κ2) is 3.92. The molecule has 3 rings (SSSR count). The minimum Gasteiger partial charge on any atom is -0.376 e. The Morgan fingerprint density at radius 2 is 2.41 bits per heavy atom. The number of hydrogen-bond donors (Lipinski definition) is 1. The van der Waals surface area contributed by atoms with Crippen molar-refractivity contribution in [1.82, 2.24) is 14.5 Å². The van der Waals surface area contributed by atoms with Gasteiger partial charge in [-0.2, -0.15) is 0 Å². The van der Waals surface area contributed by atoms with Gasteiger partial charge >= 0.3 is 0 Å². The molecule has 0 atom stereocenters. The predicted octanol–water partition coefficient (Wildman–Crippen LogP) is 2.66. The third-order valence-electron chi connectivity index (χ3n) is 3.67. The Hall–Kier alpha value is -1.20.